The molecule has 1 aliphatic rings. The van der Waals surface area contributed by atoms with Crippen molar-refractivity contribution < 1.29 is 24.0 Å². The lowest BCUT2D eigenvalue weighted by Crippen LogP contribution is -2.06. The van der Waals surface area contributed by atoms with E-state index in [0.717, 1.165) is 10.5 Å². The topological polar surface area (TPSA) is 108 Å². The molecule has 0 bridgehead atoms. The van der Waals surface area contributed by atoms with Crippen molar-refractivity contribution in [3.05, 3.63) is 114 Å². The Balaban J connectivity index is 1.56. The standard InChI is InChI=1S/C25H14Br2N2O6/c26-18-7-5-16(6-8-18)24-28-21(25(31)35-24)14-17-13-19(27)9-10-22(17)34-23(30)11-4-15-2-1-3-20(12-15)29(32)33/h1-14H/b11-4+,21-14-. The van der Waals surface area contributed by atoms with Gasteiger partial charge in [0.25, 0.3) is 5.69 Å². The number of halogens is 2. The summed E-state index contributed by atoms with van der Waals surface area (Å²) in [7, 11) is 0. The summed E-state index contributed by atoms with van der Waals surface area (Å²) in [5.74, 6) is -0.978. The zero-order chi connectivity index (χ0) is 24.9. The SMILES string of the molecule is O=C(/C=C/c1cccc([N+](=O)[O-])c1)Oc1ccc(Br)cc1/C=C1\N=C(c2ccc(Br)cc2)OC1=O. The second kappa shape index (κ2) is 10.6. The van der Waals surface area contributed by atoms with E-state index in [1.807, 2.05) is 0 Å². The predicted molar refractivity (Wildman–Crippen MR) is 137 cm³/mol. The molecule has 0 aromatic heterocycles. The van der Waals surface area contributed by atoms with Crippen LogP contribution < -0.4 is 4.74 Å². The Labute approximate surface area is 216 Å². The van der Waals surface area contributed by atoms with Crippen LogP contribution in [0.2, 0.25) is 0 Å². The summed E-state index contributed by atoms with van der Waals surface area (Å²) in [4.78, 5) is 39.5. The molecule has 10 heteroatoms. The Hall–Kier alpha value is -3.89. The summed E-state index contributed by atoms with van der Waals surface area (Å²) >= 11 is 6.72. The third-order valence-corrected chi connectivity index (χ3v) is 5.70. The van der Waals surface area contributed by atoms with E-state index in [-0.39, 0.29) is 23.0 Å². The zero-order valence-corrected chi connectivity index (χ0v) is 20.9. The van der Waals surface area contributed by atoms with Gasteiger partial charge >= 0.3 is 11.9 Å². The molecule has 0 N–H and O–H groups in total. The first kappa shape index (κ1) is 24.2. The summed E-state index contributed by atoms with van der Waals surface area (Å²) in [5.41, 5.74) is 1.48. The van der Waals surface area contributed by atoms with E-state index in [9.17, 15) is 19.7 Å². The van der Waals surface area contributed by atoms with Crippen LogP contribution in [0.15, 0.2) is 92.4 Å². The van der Waals surface area contributed by atoms with Crippen LogP contribution in [-0.4, -0.2) is 22.8 Å². The van der Waals surface area contributed by atoms with Gasteiger partial charge in [0, 0.05) is 38.3 Å². The molecule has 0 amide bonds. The van der Waals surface area contributed by atoms with E-state index >= 15 is 0 Å². The number of carbonyl (C=O) groups excluding carboxylic acids is 2. The number of carbonyl (C=O) groups is 2. The Morgan fingerprint density at radius 2 is 1.77 bits per heavy atom. The highest BCUT2D eigenvalue weighted by Crippen LogP contribution is 2.28. The molecule has 4 rings (SSSR count). The maximum atomic E-state index is 12.4. The number of ether oxygens (including phenoxy) is 2. The number of benzene rings is 3. The number of nitro benzene ring substituents is 1. The largest absolute Gasteiger partial charge is 0.423 e. The predicted octanol–water partition coefficient (Wildman–Crippen LogP) is 6.08. The Morgan fingerprint density at radius 3 is 2.51 bits per heavy atom. The first-order valence-corrected chi connectivity index (χ1v) is 11.6. The lowest BCUT2D eigenvalue weighted by Gasteiger charge is -2.06. The summed E-state index contributed by atoms with van der Waals surface area (Å²) in [6, 6.07) is 17.9. The van der Waals surface area contributed by atoms with Gasteiger partial charge < -0.3 is 9.47 Å². The van der Waals surface area contributed by atoms with Crippen LogP contribution in [0.25, 0.3) is 12.2 Å². The van der Waals surface area contributed by atoms with Crippen LogP contribution in [0.5, 0.6) is 5.75 Å². The molecule has 35 heavy (non-hydrogen) atoms. The highest BCUT2D eigenvalue weighted by molar-refractivity contribution is 9.10. The van der Waals surface area contributed by atoms with E-state index in [1.54, 1.807) is 48.5 Å². The van der Waals surface area contributed by atoms with Gasteiger partial charge in [-0.05, 0) is 60.2 Å². The lowest BCUT2D eigenvalue weighted by atomic mass is 10.1. The Bertz CT molecular complexity index is 1430. The van der Waals surface area contributed by atoms with Crippen molar-refractivity contribution in [1.29, 1.82) is 0 Å². The first-order valence-electron chi connectivity index (χ1n) is 10.0. The summed E-state index contributed by atoms with van der Waals surface area (Å²) < 4.78 is 12.3. The monoisotopic (exact) mass is 596 g/mol. The maximum absolute atomic E-state index is 12.4. The van der Waals surface area contributed by atoms with Gasteiger partial charge in [0.1, 0.15) is 5.75 Å². The highest BCUT2D eigenvalue weighted by Gasteiger charge is 2.24. The molecule has 0 aliphatic carbocycles. The summed E-state index contributed by atoms with van der Waals surface area (Å²) in [6.45, 7) is 0. The van der Waals surface area contributed by atoms with E-state index in [1.165, 1.54) is 30.4 Å². The van der Waals surface area contributed by atoms with Gasteiger partial charge in [0.15, 0.2) is 5.70 Å². The van der Waals surface area contributed by atoms with Crippen LogP contribution in [0, 0.1) is 10.1 Å². The maximum Gasteiger partial charge on any atom is 0.363 e. The minimum absolute atomic E-state index is 0.0467. The van der Waals surface area contributed by atoms with Crippen LogP contribution in [0.1, 0.15) is 16.7 Å². The molecule has 0 saturated heterocycles. The molecule has 0 saturated carbocycles. The van der Waals surface area contributed by atoms with Gasteiger partial charge in [-0.1, -0.05) is 44.0 Å². The smallest absolute Gasteiger partial charge is 0.363 e. The molecule has 3 aromatic rings. The molecule has 0 radical (unpaired) electrons. The van der Waals surface area contributed by atoms with Crippen molar-refractivity contribution in [2.45, 2.75) is 0 Å². The minimum atomic E-state index is -0.702. The van der Waals surface area contributed by atoms with Crippen molar-refractivity contribution in [2.24, 2.45) is 4.99 Å². The number of hydrogen-bond acceptors (Lipinski definition) is 7. The van der Waals surface area contributed by atoms with E-state index in [2.05, 4.69) is 36.9 Å². The molecule has 0 spiro atoms. The molecule has 8 nitrogen and oxygen atoms in total. The molecule has 0 fully saturated rings. The quantitative estimate of drug-likeness (QED) is 0.112. The van der Waals surface area contributed by atoms with Crippen LogP contribution in [0.3, 0.4) is 0 Å². The normalized spacial score (nSPS) is 14.2. The molecule has 1 aliphatic heterocycles. The Morgan fingerprint density at radius 1 is 1.03 bits per heavy atom. The molecule has 0 atom stereocenters. The van der Waals surface area contributed by atoms with Gasteiger partial charge in [-0.25, -0.2) is 14.6 Å². The zero-order valence-electron chi connectivity index (χ0n) is 17.7. The third-order valence-electron chi connectivity index (χ3n) is 4.68. The second-order valence-corrected chi connectivity index (χ2v) is 8.96. The van der Waals surface area contributed by atoms with Crippen LogP contribution >= 0.6 is 31.9 Å². The first-order chi connectivity index (χ1) is 16.8. The average Bonchev–Trinajstić information content (AvgIpc) is 3.20. The van der Waals surface area contributed by atoms with Crippen molar-refractivity contribution in [2.75, 3.05) is 0 Å². The van der Waals surface area contributed by atoms with Gasteiger partial charge in [0.2, 0.25) is 5.90 Å². The molecule has 1 heterocycles. The number of nitrogens with zero attached hydrogens (tertiary/aromatic N) is 2. The minimum Gasteiger partial charge on any atom is -0.423 e. The highest BCUT2D eigenvalue weighted by atomic mass is 79.9. The number of esters is 2. The Kier molecular flexibility index (Phi) is 7.33. The number of aliphatic imine (C=N–C) groups is 1. The average molecular weight is 598 g/mol. The van der Waals surface area contributed by atoms with Crippen molar-refractivity contribution in [3.63, 3.8) is 0 Å². The lowest BCUT2D eigenvalue weighted by molar-refractivity contribution is -0.384. The van der Waals surface area contributed by atoms with Gasteiger partial charge in [-0.15, -0.1) is 0 Å². The number of non-ortho nitro benzene ring substituents is 1. The van der Waals surface area contributed by atoms with Gasteiger partial charge in [-0.2, -0.15) is 0 Å². The number of hydrogen-bond donors (Lipinski definition) is 0. The fraction of sp³-hybridized carbons (Fsp3) is 0. The number of rotatable bonds is 6. The molecular weight excluding hydrogens is 584 g/mol. The van der Waals surface area contributed by atoms with Crippen LogP contribution in [-0.2, 0) is 14.3 Å². The van der Waals surface area contributed by atoms with Gasteiger partial charge in [0.05, 0.1) is 4.92 Å². The van der Waals surface area contributed by atoms with Crippen molar-refractivity contribution >= 4 is 67.5 Å². The number of cyclic esters (lactones) is 1. The van der Waals surface area contributed by atoms with E-state index < -0.39 is 16.9 Å². The summed E-state index contributed by atoms with van der Waals surface area (Å²) in [6.07, 6.45) is 4.03. The molecule has 3 aromatic carbocycles. The number of nitro groups is 1. The van der Waals surface area contributed by atoms with E-state index in [4.69, 9.17) is 9.47 Å². The van der Waals surface area contributed by atoms with Gasteiger partial charge in [-0.3, -0.25) is 10.1 Å². The fourth-order valence-electron chi connectivity index (χ4n) is 3.05. The summed E-state index contributed by atoms with van der Waals surface area (Å²) in [5, 5.41) is 10.9. The third kappa shape index (κ3) is 6.17. The molecule has 0 unspecified atom stereocenters. The van der Waals surface area contributed by atoms with Crippen molar-refractivity contribution in [1.82, 2.24) is 0 Å². The van der Waals surface area contributed by atoms with Crippen molar-refractivity contribution in [3.8, 4) is 5.75 Å². The fourth-order valence-corrected chi connectivity index (χ4v) is 3.69. The van der Waals surface area contributed by atoms with E-state index in [0.29, 0.717) is 21.2 Å². The molecule has 174 valence electrons. The van der Waals surface area contributed by atoms with Crippen LogP contribution in [0.4, 0.5) is 5.69 Å². The molecular formula is C25H14Br2N2O6. The second-order valence-electron chi connectivity index (χ2n) is 7.13.